The summed E-state index contributed by atoms with van der Waals surface area (Å²) in [5.41, 5.74) is 2.93. The van der Waals surface area contributed by atoms with Crippen LogP contribution in [0.1, 0.15) is 16.8 Å². The maximum atomic E-state index is 13.6. The first-order chi connectivity index (χ1) is 9.22. The van der Waals surface area contributed by atoms with Crippen LogP contribution in [0.3, 0.4) is 0 Å². The summed E-state index contributed by atoms with van der Waals surface area (Å²) in [5.74, 6) is -1.20. The van der Waals surface area contributed by atoms with Gasteiger partial charge >= 0.3 is 0 Å². The first-order valence-corrected chi connectivity index (χ1v) is 6.31. The van der Waals surface area contributed by atoms with Crippen molar-refractivity contribution in [3.05, 3.63) is 65.0 Å². The number of halogens is 2. The topological polar surface area (TPSA) is 16.1 Å². The minimum atomic E-state index is -0.634. The Morgan fingerprint density at radius 2 is 1.95 bits per heavy atom. The summed E-state index contributed by atoms with van der Waals surface area (Å²) in [6.07, 6.45) is 2.02. The molecule has 0 saturated heterocycles. The number of hydrogen-bond donors (Lipinski definition) is 0. The summed E-state index contributed by atoms with van der Waals surface area (Å²) in [4.78, 5) is 5.97. The van der Waals surface area contributed by atoms with E-state index >= 15 is 0 Å². The standard InChI is InChI=1S/C15H14F2N2/c16-13-7-14(17)15(18-8-13)10-19-6-5-11-3-1-2-4-12(11)9-19/h1-4,7-8H,5-6,9-10H2. The lowest BCUT2D eigenvalue weighted by Gasteiger charge is -2.28. The molecule has 98 valence electrons. The first kappa shape index (κ1) is 12.2. The number of hydrogen-bond acceptors (Lipinski definition) is 2. The van der Waals surface area contributed by atoms with Gasteiger partial charge in [-0.2, -0.15) is 0 Å². The van der Waals surface area contributed by atoms with E-state index in [9.17, 15) is 8.78 Å². The average molecular weight is 260 g/mol. The van der Waals surface area contributed by atoms with Crippen LogP contribution < -0.4 is 0 Å². The highest BCUT2D eigenvalue weighted by Crippen LogP contribution is 2.20. The van der Waals surface area contributed by atoms with Crippen LogP contribution in [0.5, 0.6) is 0 Å². The minimum absolute atomic E-state index is 0.306. The zero-order valence-corrected chi connectivity index (χ0v) is 10.4. The number of pyridine rings is 1. The van der Waals surface area contributed by atoms with Crippen molar-refractivity contribution < 1.29 is 8.78 Å². The summed E-state index contributed by atoms with van der Waals surface area (Å²) in [6.45, 7) is 2.07. The molecular weight excluding hydrogens is 246 g/mol. The lowest BCUT2D eigenvalue weighted by atomic mass is 10.00. The zero-order valence-electron chi connectivity index (χ0n) is 10.4. The fourth-order valence-electron chi connectivity index (χ4n) is 2.46. The van der Waals surface area contributed by atoms with Crippen molar-refractivity contribution in [2.24, 2.45) is 0 Å². The predicted octanol–water partition coefficient (Wildman–Crippen LogP) is 2.92. The third kappa shape index (κ3) is 2.63. The highest BCUT2D eigenvalue weighted by Gasteiger charge is 2.17. The molecule has 0 amide bonds. The molecule has 0 unspecified atom stereocenters. The Bertz CT molecular complexity index is 598. The van der Waals surface area contributed by atoms with E-state index in [1.807, 2.05) is 12.1 Å². The van der Waals surface area contributed by atoms with Crippen molar-refractivity contribution >= 4 is 0 Å². The van der Waals surface area contributed by atoms with E-state index in [0.717, 1.165) is 31.8 Å². The monoisotopic (exact) mass is 260 g/mol. The molecule has 0 spiro atoms. The van der Waals surface area contributed by atoms with Gasteiger partial charge in [0.15, 0.2) is 0 Å². The van der Waals surface area contributed by atoms with Crippen LogP contribution in [0.25, 0.3) is 0 Å². The quantitative estimate of drug-likeness (QED) is 0.825. The van der Waals surface area contributed by atoms with Gasteiger partial charge in [-0.1, -0.05) is 24.3 Å². The number of rotatable bonds is 2. The van der Waals surface area contributed by atoms with Gasteiger partial charge in [-0.05, 0) is 17.5 Å². The Hall–Kier alpha value is -1.81. The highest BCUT2D eigenvalue weighted by atomic mass is 19.1. The summed E-state index contributed by atoms with van der Waals surface area (Å²) < 4.78 is 26.4. The number of benzene rings is 1. The lowest BCUT2D eigenvalue weighted by Crippen LogP contribution is -2.30. The van der Waals surface area contributed by atoms with Crippen molar-refractivity contribution in [1.82, 2.24) is 9.88 Å². The molecule has 1 aliphatic heterocycles. The Morgan fingerprint density at radius 3 is 2.74 bits per heavy atom. The molecule has 1 aliphatic rings. The maximum Gasteiger partial charge on any atom is 0.148 e. The van der Waals surface area contributed by atoms with Crippen molar-refractivity contribution in [3.63, 3.8) is 0 Å². The molecule has 2 heterocycles. The normalized spacial score (nSPS) is 15.3. The van der Waals surface area contributed by atoms with Crippen LogP contribution in [0.2, 0.25) is 0 Å². The fraction of sp³-hybridized carbons (Fsp3) is 0.267. The Morgan fingerprint density at radius 1 is 1.16 bits per heavy atom. The first-order valence-electron chi connectivity index (χ1n) is 6.31. The van der Waals surface area contributed by atoms with Crippen LogP contribution in [-0.2, 0) is 19.5 Å². The van der Waals surface area contributed by atoms with Crippen molar-refractivity contribution in [2.45, 2.75) is 19.5 Å². The predicted molar refractivity (Wildman–Crippen MR) is 68.4 cm³/mol. The van der Waals surface area contributed by atoms with Gasteiger partial charge < -0.3 is 0 Å². The van der Waals surface area contributed by atoms with Gasteiger partial charge in [-0.3, -0.25) is 9.88 Å². The van der Waals surface area contributed by atoms with Gasteiger partial charge in [0, 0.05) is 25.7 Å². The Labute approximate surface area is 110 Å². The van der Waals surface area contributed by atoms with Crippen molar-refractivity contribution in [2.75, 3.05) is 6.54 Å². The van der Waals surface area contributed by atoms with E-state index in [4.69, 9.17) is 0 Å². The van der Waals surface area contributed by atoms with Gasteiger partial charge in [-0.25, -0.2) is 8.78 Å². The van der Waals surface area contributed by atoms with Crippen LogP contribution in [0, 0.1) is 11.6 Å². The van der Waals surface area contributed by atoms with E-state index in [-0.39, 0.29) is 0 Å². The van der Waals surface area contributed by atoms with Gasteiger partial charge in [0.2, 0.25) is 0 Å². The maximum absolute atomic E-state index is 13.6. The van der Waals surface area contributed by atoms with Crippen LogP contribution in [-0.4, -0.2) is 16.4 Å². The molecule has 0 N–H and O–H groups in total. The van der Waals surface area contributed by atoms with E-state index in [1.54, 1.807) is 0 Å². The molecule has 2 nitrogen and oxygen atoms in total. The molecule has 3 rings (SSSR count). The van der Waals surface area contributed by atoms with Crippen molar-refractivity contribution in [1.29, 1.82) is 0 Å². The van der Waals surface area contributed by atoms with Gasteiger partial charge in [0.1, 0.15) is 11.6 Å². The van der Waals surface area contributed by atoms with Gasteiger partial charge in [0.05, 0.1) is 11.9 Å². The Kier molecular flexibility index (Phi) is 3.25. The molecule has 0 bridgehead atoms. The highest BCUT2D eigenvalue weighted by molar-refractivity contribution is 5.29. The van der Waals surface area contributed by atoms with E-state index in [1.165, 1.54) is 11.1 Å². The third-order valence-corrected chi connectivity index (χ3v) is 3.47. The molecule has 0 atom stereocenters. The molecule has 1 aromatic carbocycles. The smallest absolute Gasteiger partial charge is 0.148 e. The summed E-state index contributed by atoms with van der Waals surface area (Å²) >= 11 is 0. The molecule has 2 aromatic rings. The molecule has 1 aromatic heterocycles. The molecule has 0 radical (unpaired) electrons. The summed E-state index contributed by atoms with van der Waals surface area (Å²) in [6, 6.07) is 9.16. The van der Waals surface area contributed by atoms with E-state index < -0.39 is 11.6 Å². The number of aromatic nitrogens is 1. The zero-order chi connectivity index (χ0) is 13.2. The largest absolute Gasteiger partial charge is 0.293 e. The number of fused-ring (bicyclic) bond motifs is 1. The van der Waals surface area contributed by atoms with E-state index in [0.29, 0.717) is 12.2 Å². The van der Waals surface area contributed by atoms with Gasteiger partial charge in [-0.15, -0.1) is 0 Å². The second-order valence-electron chi connectivity index (χ2n) is 4.81. The molecule has 0 saturated carbocycles. The van der Waals surface area contributed by atoms with Crippen LogP contribution in [0.4, 0.5) is 8.78 Å². The SMILES string of the molecule is Fc1cnc(CN2CCc3ccccc3C2)c(F)c1. The fourth-order valence-corrected chi connectivity index (χ4v) is 2.46. The summed E-state index contributed by atoms with van der Waals surface area (Å²) in [5, 5.41) is 0. The second kappa shape index (κ2) is 5.05. The molecule has 0 fully saturated rings. The average Bonchev–Trinajstić information content (AvgIpc) is 2.42. The lowest BCUT2D eigenvalue weighted by molar-refractivity contribution is 0.238. The molecular formula is C15H14F2N2. The van der Waals surface area contributed by atoms with Crippen molar-refractivity contribution in [3.8, 4) is 0 Å². The Balaban J connectivity index is 1.75. The summed E-state index contributed by atoms with van der Waals surface area (Å²) in [7, 11) is 0. The molecule has 19 heavy (non-hydrogen) atoms. The second-order valence-corrected chi connectivity index (χ2v) is 4.81. The van der Waals surface area contributed by atoms with Crippen LogP contribution in [0.15, 0.2) is 36.5 Å². The third-order valence-electron chi connectivity index (χ3n) is 3.47. The van der Waals surface area contributed by atoms with Gasteiger partial charge in [0.25, 0.3) is 0 Å². The van der Waals surface area contributed by atoms with Crippen LogP contribution >= 0.6 is 0 Å². The van der Waals surface area contributed by atoms with E-state index in [2.05, 4.69) is 22.0 Å². The minimum Gasteiger partial charge on any atom is -0.293 e. The molecule has 4 heteroatoms. The number of nitrogens with zero attached hydrogens (tertiary/aromatic N) is 2. The molecule has 0 aliphatic carbocycles.